The number of primary amides is 1. The van der Waals surface area contributed by atoms with E-state index in [2.05, 4.69) is 10.6 Å². The first-order valence-electron chi connectivity index (χ1n) is 5.87. The Balaban J connectivity index is 3.81. The number of hydrogen-bond donors (Lipinski definition) is 4. The lowest BCUT2D eigenvalue weighted by molar-refractivity contribution is -0.143. The molecular formula is C11H21N3O4. The highest BCUT2D eigenvalue weighted by Crippen LogP contribution is 2.09. The summed E-state index contributed by atoms with van der Waals surface area (Å²) in [4.78, 5) is 32.6. The molecule has 0 bridgehead atoms. The Labute approximate surface area is 106 Å². The van der Waals surface area contributed by atoms with Crippen LogP contribution in [0.1, 0.15) is 26.7 Å². The molecule has 0 saturated heterocycles. The van der Waals surface area contributed by atoms with E-state index in [9.17, 15) is 14.4 Å². The van der Waals surface area contributed by atoms with E-state index in [4.69, 9.17) is 10.8 Å². The normalized spacial score (nSPS) is 11.9. The highest BCUT2D eigenvalue weighted by atomic mass is 16.4. The number of carbonyl (C=O) groups excluding carboxylic acids is 2. The van der Waals surface area contributed by atoms with Crippen LogP contribution in [0.3, 0.4) is 0 Å². The predicted octanol–water partition coefficient (Wildman–Crippen LogP) is -0.0921. The van der Waals surface area contributed by atoms with Crippen molar-refractivity contribution < 1.29 is 19.5 Å². The van der Waals surface area contributed by atoms with Crippen LogP contribution in [-0.2, 0) is 9.59 Å². The second kappa shape index (κ2) is 8.32. The number of nitrogens with two attached hydrogens (primary N) is 1. The third kappa shape index (κ3) is 7.48. The van der Waals surface area contributed by atoms with E-state index in [1.807, 2.05) is 0 Å². The molecule has 1 atom stereocenters. The standard InChI is InChI=1S/C11H21N3O4/c1-7(2)8(10(16)17)6-14-11(18)13-5-3-4-9(12)15/h7-8H,3-6H2,1-2H3,(H2,12,15)(H,16,17)(H2,13,14,18). The summed E-state index contributed by atoms with van der Waals surface area (Å²) in [6, 6.07) is -0.439. The van der Waals surface area contributed by atoms with Crippen molar-refractivity contribution in [3.63, 3.8) is 0 Å². The molecule has 0 heterocycles. The summed E-state index contributed by atoms with van der Waals surface area (Å²) < 4.78 is 0. The van der Waals surface area contributed by atoms with Gasteiger partial charge in [0, 0.05) is 19.5 Å². The van der Waals surface area contributed by atoms with Gasteiger partial charge in [-0.3, -0.25) is 9.59 Å². The third-order valence-corrected chi connectivity index (χ3v) is 2.49. The van der Waals surface area contributed by atoms with E-state index in [0.717, 1.165) is 0 Å². The van der Waals surface area contributed by atoms with Gasteiger partial charge in [-0.1, -0.05) is 13.8 Å². The monoisotopic (exact) mass is 259 g/mol. The van der Waals surface area contributed by atoms with Crippen LogP contribution in [0.5, 0.6) is 0 Å². The van der Waals surface area contributed by atoms with Gasteiger partial charge in [0.25, 0.3) is 0 Å². The number of urea groups is 1. The maximum atomic E-state index is 11.3. The molecule has 0 saturated carbocycles. The van der Waals surface area contributed by atoms with Crippen molar-refractivity contribution in [3.05, 3.63) is 0 Å². The quantitative estimate of drug-likeness (QED) is 0.455. The molecule has 0 aliphatic carbocycles. The van der Waals surface area contributed by atoms with E-state index < -0.39 is 23.8 Å². The number of carboxylic acids is 1. The lowest BCUT2D eigenvalue weighted by Crippen LogP contribution is -2.41. The topological polar surface area (TPSA) is 122 Å². The number of carbonyl (C=O) groups is 3. The van der Waals surface area contributed by atoms with Crippen LogP contribution >= 0.6 is 0 Å². The van der Waals surface area contributed by atoms with E-state index >= 15 is 0 Å². The van der Waals surface area contributed by atoms with Crippen molar-refractivity contribution in [2.24, 2.45) is 17.6 Å². The molecule has 0 aliphatic rings. The van der Waals surface area contributed by atoms with E-state index in [1.165, 1.54) is 0 Å². The lowest BCUT2D eigenvalue weighted by Gasteiger charge is -2.16. The minimum Gasteiger partial charge on any atom is -0.481 e. The second-order valence-electron chi connectivity index (χ2n) is 4.40. The molecule has 1 unspecified atom stereocenters. The first kappa shape index (κ1) is 16.2. The highest BCUT2D eigenvalue weighted by Gasteiger charge is 2.21. The van der Waals surface area contributed by atoms with Crippen LogP contribution in [0.2, 0.25) is 0 Å². The maximum absolute atomic E-state index is 11.3. The fourth-order valence-corrected chi connectivity index (χ4v) is 1.34. The minimum atomic E-state index is -0.931. The summed E-state index contributed by atoms with van der Waals surface area (Å²) in [5.41, 5.74) is 4.94. The molecule has 0 aromatic rings. The third-order valence-electron chi connectivity index (χ3n) is 2.49. The predicted molar refractivity (Wildman–Crippen MR) is 65.8 cm³/mol. The zero-order valence-corrected chi connectivity index (χ0v) is 10.7. The summed E-state index contributed by atoms with van der Waals surface area (Å²) in [6.07, 6.45) is 0.680. The summed E-state index contributed by atoms with van der Waals surface area (Å²) in [5.74, 6) is -2.01. The molecule has 18 heavy (non-hydrogen) atoms. The van der Waals surface area contributed by atoms with Crippen LogP contribution in [0.4, 0.5) is 4.79 Å². The van der Waals surface area contributed by atoms with Gasteiger partial charge < -0.3 is 21.5 Å². The Morgan fingerprint density at radius 3 is 2.28 bits per heavy atom. The Morgan fingerprint density at radius 1 is 1.22 bits per heavy atom. The van der Waals surface area contributed by atoms with Gasteiger partial charge in [0.05, 0.1) is 5.92 Å². The lowest BCUT2D eigenvalue weighted by atomic mass is 9.96. The second-order valence-corrected chi connectivity index (χ2v) is 4.40. The molecular weight excluding hydrogens is 238 g/mol. The van der Waals surface area contributed by atoms with Gasteiger partial charge in [0.2, 0.25) is 5.91 Å². The van der Waals surface area contributed by atoms with Crippen molar-refractivity contribution in [3.8, 4) is 0 Å². The van der Waals surface area contributed by atoms with Gasteiger partial charge >= 0.3 is 12.0 Å². The van der Waals surface area contributed by atoms with Crippen LogP contribution in [-0.4, -0.2) is 36.1 Å². The Hall–Kier alpha value is -1.79. The first-order chi connectivity index (χ1) is 8.34. The largest absolute Gasteiger partial charge is 0.481 e. The van der Waals surface area contributed by atoms with Gasteiger partial charge in [0.15, 0.2) is 0 Å². The van der Waals surface area contributed by atoms with Gasteiger partial charge in [-0.2, -0.15) is 0 Å². The summed E-state index contributed by atoms with van der Waals surface area (Å²) >= 11 is 0. The Bertz CT molecular complexity index is 305. The van der Waals surface area contributed by atoms with Crippen molar-refractivity contribution in [1.29, 1.82) is 0 Å². The zero-order chi connectivity index (χ0) is 14.1. The molecule has 5 N–H and O–H groups in total. The van der Waals surface area contributed by atoms with Crippen molar-refractivity contribution in [1.82, 2.24) is 10.6 Å². The molecule has 0 radical (unpaired) electrons. The zero-order valence-electron chi connectivity index (χ0n) is 10.7. The number of rotatable bonds is 8. The number of aliphatic carboxylic acids is 1. The van der Waals surface area contributed by atoms with Crippen molar-refractivity contribution in [2.45, 2.75) is 26.7 Å². The number of nitrogens with one attached hydrogen (secondary N) is 2. The summed E-state index contributed by atoms with van der Waals surface area (Å²) in [7, 11) is 0. The molecule has 0 aromatic carbocycles. The fraction of sp³-hybridized carbons (Fsp3) is 0.727. The Morgan fingerprint density at radius 2 is 1.83 bits per heavy atom. The Kier molecular flexibility index (Phi) is 7.50. The van der Waals surface area contributed by atoms with E-state index in [-0.39, 0.29) is 18.9 Å². The van der Waals surface area contributed by atoms with E-state index in [1.54, 1.807) is 13.8 Å². The van der Waals surface area contributed by atoms with Crippen molar-refractivity contribution >= 4 is 17.9 Å². The van der Waals surface area contributed by atoms with Gasteiger partial charge in [-0.05, 0) is 12.3 Å². The molecule has 0 rings (SSSR count). The van der Waals surface area contributed by atoms with E-state index in [0.29, 0.717) is 13.0 Å². The average Bonchev–Trinajstić information content (AvgIpc) is 2.23. The molecule has 0 aliphatic heterocycles. The van der Waals surface area contributed by atoms with Crippen molar-refractivity contribution in [2.75, 3.05) is 13.1 Å². The molecule has 7 heteroatoms. The SMILES string of the molecule is CC(C)C(CNC(=O)NCCCC(N)=O)C(=O)O. The molecule has 0 fully saturated rings. The van der Waals surface area contributed by atoms with Crippen LogP contribution in [0.25, 0.3) is 0 Å². The number of carboxylic acid groups (broad SMARTS) is 1. The smallest absolute Gasteiger partial charge is 0.314 e. The van der Waals surface area contributed by atoms with Crippen LogP contribution in [0.15, 0.2) is 0 Å². The van der Waals surface area contributed by atoms with Gasteiger partial charge in [0.1, 0.15) is 0 Å². The van der Waals surface area contributed by atoms with Gasteiger partial charge in [-0.25, -0.2) is 4.79 Å². The molecule has 7 nitrogen and oxygen atoms in total. The minimum absolute atomic E-state index is 0.0577. The number of amides is 3. The molecule has 104 valence electrons. The van der Waals surface area contributed by atoms with Gasteiger partial charge in [-0.15, -0.1) is 0 Å². The molecule has 3 amide bonds. The maximum Gasteiger partial charge on any atom is 0.314 e. The summed E-state index contributed by atoms with van der Waals surface area (Å²) in [5, 5.41) is 13.9. The van der Waals surface area contributed by atoms with Crippen LogP contribution in [0, 0.1) is 11.8 Å². The number of hydrogen-bond acceptors (Lipinski definition) is 3. The molecule has 0 spiro atoms. The van der Waals surface area contributed by atoms with Crippen LogP contribution < -0.4 is 16.4 Å². The average molecular weight is 259 g/mol. The summed E-state index contributed by atoms with van der Waals surface area (Å²) in [6.45, 7) is 3.97. The fourth-order valence-electron chi connectivity index (χ4n) is 1.34. The first-order valence-corrected chi connectivity index (χ1v) is 5.87. The highest BCUT2D eigenvalue weighted by molar-refractivity contribution is 5.76. The molecule has 0 aromatic heterocycles.